The van der Waals surface area contributed by atoms with E-state index in [1.54, 1.807) is 6.92 Å². The molecule has 0 saturated carbocycles. The Morgan fingerprint density at radius 1 is 1.56 bits per heavy atom. The topological polar surface area (TPSA) is 94.0 Å². The second-order valence-electron chi connectivity index (χ2n) is 4.50. The zero-order valence-electron chi connectivity index (χ0n) is 9.91. The third-order valence-electron chi connectivity index (χ3n) is 2.00. The van der Waals surface area contributed by atoms with Crippen molar-refractivity contribution >= 4 is 5.91 Å². The van der Waals surface area contributed by atoms with Crippen LogP contribution in [0.1, 0.15) is 38.4 Å². The number of hydrogen-bond acceptors (Lipinski definition) is 5. The van der Waals surface area contributed by atoms with Crippen LogP contribution in [0.5, 0.6) is 0 Å². The van der Waals surface area contributed by atoms with Gasteiger partial charge < -0.3 is 15.6 Å². The van der Waals surface area contributed by atoms with Gasteiger partial charge in [-0.25, -0.2) is 0 Å². The minimum absolute atomic E-state index is 0.0608. The maximum atomic E-state index is 11.4. The van der Waals surface area contributed by atoms with Gasteiger partial charge in [0.15, 0.2) is 5.82 Å². The predicted molar refractivity (Wildman–Crippen MR) is 58.4 cm³/mol. The van der Waals surface area contributed by atoms with Crippen LogP contribution in [0, 0.1) is 6.92 Å². The Hall–Kier alpha value is -1.43. The van der Waals surface area contributed by atoms with Crippen molar-refractivity contribution in [2.45, 2.75) is 45.7 Å². The summed E-state index contributed by atoms with van der Waals surface area (Å²) in [5, 5.41) is 6.32. The standard InChI is InChI=1S/C10H18N4O2/c1-7-13-9(16-14-7)6-12-8(15)4-5-10(2,3)11/h4-6,11H2,1-3H3,(H,12,15). The van der Waals surface area contributed by atoms with Crippen molar-refractivity contribution in [3.8, 4) is 0 Å². The molecule has 1 amide bonds. The van der Waals surface area contributed by atoms with Crippen molar-refractivity contribution in [2.75, 3.05) is 0 Å². The normalized spacial score (nSPS) is 11.5. The molecule has 0 spiro atoms. The number of nitrogens with zero attached hydrogens (tertiary/aromatic N) is 2. The Morgan fingerprint density at radius 2 is 2.25 bits per heavy atom. The van der Waals surface area contributed by atoms with Crippen LogP contribution in [0.3, 0.4) is 0 Å². The lowest BCUT2D eigenvalue weighted by molar-refractivity contribution is -0.121. The predicted octanol–water partition coefficient (Wildman–Crippen LogP) is 0.512. The first kappa shape index (κ1) is 12.6. The third-order valence-corrected chi connectivity index (χ3v) is 2.00. The fraction of sp³-hybridized carbons (Fsp3) is 0.700. The summed E-state index contributed by atoms with van der Waals surface area (Å²) >= 11 is 0. The van der Waals surface area contributed by atoms with E-state index >= 15 is 0 Å². The average molecular weight is 226 g/mol. The molecule has 1 aromatic rings. The molecule has 3 N–H and O–H groups in total. The molecule has 0 aliphatic rings. The highest BCUT2D eigenvalue weighted by atomic mass is 16.5. The number of rotatable bonds is 5. The van der Waals surface area contributed by atoms with Crippen LogP contribution in [0.4, 0.5) is 0 Å². The summed E-state index contributed by atoms with van der Waals surface area (Å²) in [6, 6.07) is 0. The van der Waals surface area contributed by atoms with Gasteiger partial charge in [0.2, 0.25) is 11.8 Å². The lowest BCUT2D eigenvalue weighted by Gasteiger charge is -2.17. The van der Waals surface area contributed by atoms with Gasteiger partial charge in [-0.15, -0.1) is 0 Å². The summed E-state index contributed by atoms with van der Waals surface area (Å²) in [4.78, 5) is 15.4. The molecule has 16 heavy (non-hydrogen) atoms. The van der Waals surface area contributed by atoms with Crippen LogP contribution >= 0.6 is 0 Å². The number of aromatic nitrogens is 2. The summed E-state index contributed by atoms with van der Waals surface area (Å²) in [5.74, 6) is 0.916. The Kier molecular flexibility index (Phi) is 4.00. The van der Waals surface area contributed by atoms with E-state index in [1.807, 2.05) is 13.8 Å². The Balaban J connectivity index is 2.25. The first-order valence-electron chi connectivity index (χ1n) is 5.21. The van der Waals surface area contributed by atoms with Gasteiger partial charge in [0.25, 0.3) is 0 Å². The molecule has 1 heterocycles. The van der Waals surface area contributed by atoms with Crippen LogP contribution in [0.15, 0.2) is 4.52 Å². The summed E-state index contributed by atoms with van der Waals surface area (Å²) in [7, 11) is 0. The molecular weight excluding hydrogens is 208 g/mol. The number of carbonyl (C=O) groups is 1. The zero-order chi connectivity index (χ0) is 12.2. The smallest absolute Gasteiger partial charge is 0.246 e. The SMILES string of the molecule is Cc1noc(CNC(=O)CCC(C)(C)N)n1. The van der Waals surface area contributed by atoms with Gasteiger partial charge in [0.1, 0.15) is 0 Å². The second-order valence-corrected chi connectivity index (χ2v) is 4.50. The van der Waals surface area contributed by atoms with Crippen molar-refractivity contribution in [1.82, 2.24) is 15.5 Å². The van der Waals surface area contributed by atoms with Crippen molar-refractivity contribution in [2.24, 2.45) is 5.73 Å². The van der Waals surface area contributed by atoms with Crippen LogP contribution in [0.25, 0.3) is 0 Å². The van der Waals surface area contributed by atoms with Crippen LogP contribution in [-0.4, -0.2) is 21.6 Å². The molecule has 1 aromatic heterocycles. The first-order valence-corrected chi connectivity index (χ1v) is 5.21. The largest absolute Gasteiger partial charge is 0.347 e. The second kappa shape index (κ2) is 5.07. The van der Waals surface area contributed by atoms with Gasteiger partial charge in [-0.3, -0.25) is 4.79 Å². The molecular formula is C10H18N4O2. The highest BCUT2D eigenvalue weighted by Gasteiger charge is 2.13. The first-order chi connectivity index (χ1) is 7.37. The number of nitrogens with two attached hydrogens (primary N) is 1. The molecule has 6 heteroatoms. The molecule has 0 aliphatic heterocycles. The molecule has 0 unspecified atom stereocenters. The summed E-state index contributed by atoms with van der Waals surface area (Å²) in [6.45, 7) is 5.78. The number of nitrogens with one attached hydrogen (secondary N) is 1. The fourth-order valence-corrected chi connectivity index (χ4v) is 1.11. The third kappa shape index (κ3) is 4.88. The number of carbonyl (C=O) groups excluding carboxylic acids is 1. The summed E-state index contributed by atoms with van der Waals surface area (Å²) in [5.41, 5.74) is 5.45. The quantitative estimate of drug-likeness (QED) is 0.763. The zero-order valence-corrected chi connectivity index (χ0v) is 9.91. The van der Waals surface area contributed by atoms with E-state index in [1.165, 1.54) is 0 Å². The van der Waals surface area contributed by atoms with E-state index in [9.17, 15) is 4.79 Å². The fourth-order valence-electron chi connectivity index (χ4n) is 1.11. The van der Waals surface area contributed by atoms with Gasteiger partial charge >= 0.3 is 0 Å². The van der Waals surface area contributed by atoms with Gasteiger partial charge in [-0.2, -0.15) is 4.98 Å². The van der Waals surface area contributed by atoms with Gasteiger partial charge in [0.05, 0.1) is 6.54 Å². The number of aryl methyl sites for hydroxylation is 1. The Bertz CT molecular complexity index is 354. The van der Waals surface area contributed by atoms with Crippen LogP contribution in [0.2, 0.25) is 0 Å². The molecule has 6 nitrogen and oxygen atoms in total. The molecule has 1 rings (SSSR count). The number of hydrogen-bond donors (Lipinski definition) is 2. The van der Waals surface area contributed by atoms with Crippen molar-refractivity contribution < 1.29 is 9.32 Å². The summed E-state index contributed by atoms with van der Waals surface area (Å²) < 4.78 is 4.86. The highest BCUT2D eigenvalue weighted by molar-refractivity contribution is 5.75. The molecule has 0 bridgehead atoms. The number of amides is 1. The van der Waals surface area contributed by atoms with E-state index < -0.39 is 0 Å². The lowest BCUT2D eigenvalue weighted by Crippen LogP contribution is -2.34. The average Bonchev–Trinajstić information content (AvgIpc) is 2.57. The minimum Gasteiger partial charge on any atom is -0.347 e. The van der Waals surface area contributed by atoms with E-state index in [0.717, 1.165) is 0 Å². The minimum atomic E-state index is -0.321. The maximum Gasteiger partial charge on any atom is 0.246 e. The molecule has 0 atom stereocenters. The molecule has 90 valence electrons. The van der Waals surface area contributed by atoms with Gasteiger partial charge in [0, 0.05) is 12.0 Å². The molecule has 0 fully saturated rings. The maximum absolute atomic E-state index is 11.4. The van der Waals surface area contributed by atoms with E-state index in [2.05, 4.69) is 15.5 Å². The van der Waals surface area contributed by atoms with Crippen molar-refractivity contribution in [1.29, 1.82) is 0 Å². The van der Waals surface area contributed by atoms with E-state index in [0.29, 0.717) is 24.6 Å². The summed E-state index contributed by atoms with van der Waals surface area (Å²) in [6.07, 6.45) is 1.04. The Morgan fingerprint density at radius 3 is 2.75 bits per heavy atom. The van der Waals surface area contributed by atoms with Crippen molar-refractivity contribution in [3.05, 3.63) is 11.7 Å². The molecule has 0 saturated heterocycles. The molecule has 0 radical (unpaired) electrons. The van der Waals surface area contributed by atoms with E-state index in [4.69, 9.17) is 10.3 Å². The Labute approximate surface area is 94.6 Å². The van der Waals surface area contributed by atoms with E-state index in [-0.39, 0.29) is 18.0 Å². The van der Waals surface area contributed by atoms with Crippen molar-refractivity contribution in [3.63, 3.8) is 0 Å². The molecule has 0 aliphatic carbocycles. The van der Waals surface area contributed by atoms with Crippen LogP contribution in [-0.2, 0) is 11.3 Å². The monoisotopic (exact) mass is 226 g/mol. The highest BCUT2D eigenvalue weighted by Crippen LogP contribution is 2.06. The van der Waals surface area contributed by atoms with Gasteiger partial charge in [-0.05, 0) is 27.2 Å². The lowest BCUT2D eigenvalue weighted by atomic mass is 10.00. The van der Waals surface area contributed by atoms with Crippen LogP contribution < -0.4 is 11.1 Å². The molecule has 0 aromatic carbocycles. The van der Waals surface area contributed by atoms with Gasteiger partial charge in [-0.1, -0.05) is 5.16 Å².